The van der Waals surface area contributed by atoms with Crippen molar-refractivity contribution in [3.8, 4) is 11.5 Å². The molecule has 0 saturated carbocycles. The lowest BCUT2D eigenvalue weighted by atomic mass is 9.95. The van der Waals surface area contributed by atoms with Gasteiger partial charge in [0.1, 0.15) is 111 Å². The number of aliphatic hydroxyl groups is 9. The maximum absolute atomic E-state index is 14.0. The molecule has 28 heteroatoms. The van der Waals surface area contributed by atoms with Crippen molar-refractivity contribution in [2.75, 3.05) is 33.0 Å². The van der Waals surface area contributed by atoms with E-state index in [0.29, 0.717) is 11.1 Å². The van der Waals surface area contributed by atoms with Crippen LogP contribution in [-0.4, -0.2) is 235 Å². The summed E-state index contributed by atoms with van der Waals surface area (Å²) in [6, 6.07) is 18.3. The van der Waals surface area contributed by atoms with Gasteiger partial charge < -0.3 is 113 Å². The summed E-state index contributed by atoms with van der Waals surface area (Å²) in [6.45, 7) is -3.01. The van der Waals surface area contributed by atoms with Gasteiger partial charge in [0.2, 0.25) is 5.79 Å². The molecule has 7 rings (SSSR count). The third-order valence-electron chi connectivity index (χ3n) is 13.1. The topological polar surface area (TPSA) is 419 Å². The molecule has 28 nitrogen and oxygen atoms in total. The number of carbonyl (C=O) groups is 5. The first-order chi connectivity index (χ1) is 38.6. The highest BCUT2D eigenvalue weighted by Gasteiger charge is 2.64. The van der Waals surface area contributed by atoms with Gasteiger partial charge in [-0.15, -0.1) is 0 Å². The van der Waals surface area contributed by atoms with Crippen molar-refractivity contribution in [2.45, 2.75) is 130 Å². The van der Waals surface area contributed by atoms with Crippen LogP contribution in [0.1, 0.15) is 35.3 Å². The molecule has 4 saturated heterocycles. The Morgan fingerprint density at radius 2 is 1.02 bits per heavy atom. The molecular weight excluding hydrogens is 1080 g/mol. The number of aliphatic hydroxyl groups excluding tert-OH is 9. The van der Waals surface area contributed by atoms with Crippen LogP contribution in [0.15, 0.2) is 91.0 Å². The highest BCUT2D eigenvalue weighted by atomic mass is 16.8. The molecule has 11 N–H and O–H groups in total. The first kappa shape index (κ1) is 62.1. The predicted molar refractivity (Wildman–Crippen MR) is 265 cm³/mol. The Labute approximate surface area is 460 Å². The van der Waals surface area contributed by atoms with E-state index >= 15 is 0 Å². The monoisotopic (exact) mass is 1150 g/mol. The summed E-state index contributed by atoms with van der Waals surface area (Å²) < 4.78 is 71.2. The van der Waals surface area contributed by atoms with Crippen LogP contribution in [0, 0.1) is 0 Å². The van der Waals surface area contributed by atoms with E-state index in [1.807, 2.05) is 0 Å². The van der Waals surface area contributed by atoms with Crippen LogP contribution in [0.25, 0.3) is 12.2 Å². The average Bonchev–Trinajstić information content (AvgIpc) is 3.51. The molecule has 19 atom stereocenters. The van der Waals surface area contributed by atoms with Gasteiger partial charge in [-0.05, 0) is 59.7 Å². The van der Waals surface area contributed by atoms with E-state index in [2.05, 4.69) is 0 Å². The van der Waals surface area contributed by atoms with Crippen molar-refractivity contribution in [3.05, 3.63) is 108 Å². The fourth-order valence-corrected chi connectivity index (χ4v) is 8.85. The van der Waals surface area contributed by atoms with Crippen molar-refractivity contribution in [3.63, 3.8) is 0 Å². The molecule has 0 aromatic heterocycles. The van der Waals surface area contributed by atoms with Crippen molar-refractivity contribution < 1.29 is 137 Å². The van der Waals surface area contributed by atoms with E-state index in [-0.39, 0.29) is 17.1 Å². The van der Waals surface area contributed by atoms with E-state index in [1.165, 1.54) is 36.4 Å². The molecule has 3 aromatic carbocycles. The van der Waals surface area contributed by atoms with E-state index in [4.69, 9.17) is 56.8 Å². The van der Waals surface area contributed by atoms with Crippen LogP contribution in [0.3, 0.4) is 0 Å². The maximum Gasteiger partial charge on any atom is 0.338 e. The summed E-state index contributed by atoms with van der Waals surface area (Å²) in [7, 11) is 0. The number of benzene rings is 3. The minimum absolute atomic E-state index is 0.0924. The molecule has 4 heterocycles. The summed E-state index contributed by atoms with van der Waals surface area (Å²) in [5, 5.41) is 119. The number of ether oxygens (including phenoxy) is 12. The lowest BCUT2D eigenvalue weighted by Gasteiger charge is -2.50. The van der Waals surface area contributed by atoms with E-state index < -0.39 is 179 Å². The molecule has 0 aliphatic carbocycles. The van der Waals surface area contributed by atoms with Crippen molar-refractivity contribution >= 4 is 42.0 Å². The second-order valence-electron chi connectivity index (χ2n) is 18.9. The molecule has 0 spiro atoms. The van der Waals surface area contributed by atoms with E-state index in [9.17, 15) is 80.1 Å². The van der Waals surface area contributed by atoms with Crippen LogP contribution in [-0.2, 0) is 76.0 Å². The smallest absolute Gasteiger partial charge is 0.338 e. The number of rotatable bonds is 21. The fraction of sp³-hybridized carbons (Fsp3) is 0.491. The Balaban J connectivity index is 1.39. The fourth-order valence-electron chi connectivity index (χ4n) is 8.85. The summed E-state index contributed by atoms with van der Waals surface area (Å²) in [5.74, 6) is -8.74. The number of carbonyl (C=O) groups excluding carboxylic acids is 5. The quantitative estimate of drug-likeness (QED) is 0.0291. The summed E-state index contributed by atoms with van der Waals surface area (Å²) in [5.41, 5.74) is 0.623. The van der Waals surface area contributed by atoms with E-state index in [1.54, 1.807) is 30.3 Å². The van der Waals surface area contributed by atoms with Crippen LogP contribution in [0.2, 0.25) is 0 Å². The SMILES string of the molecule is CC(=O)OC[C@@H]1O[C@H](O[C@H]2[C@@H](O[C@H]3O[C@@H](CO)[C@H](O)[C@H](O)[C@H]3O)[C@H](O[C@@]3(COC(=O)C=Cc4ccc(O)cc4)O[C@H](CO)[C@@H](O)[C@@H]3OC(=O)c3ccc(O)cc3)O[C@H](COC(C)=O)[C@H]2OC(=O)C=Cc2ccccc2)[C@H](O)[C@H](O)[C@@H]1O. The van der Waals surface area contributed by atoms with Crippen molar-refractivity contribution in [1.82, 2.24) is 0 Å². The zero-order valence-corrected chi connectivity index (χ0v) is 43.1. The molecule has 0 unspecified atom stereocenters. The molecule has 0 radical (unpaired) electrons. The molecule has 4 aliphatic heterocycles. The minimum atomic E-state index is -2.95. The van der Waals surface area contributed by atoms with Crippen LogP contribution in [0.5, 0.6) is 11.5 Å². The van der Waals surface area contributed by atoms with Gasteiger partial charge in [0.05, 0.1) is 18.8 Å². The van der Waals surface area contributed by atoms with E-state index in [0.717, 1.165) is 50.3 Å². The Kier molecular flexibility index (Phi) is 21.4. The number of aromatic hydroxyl groups is 2. The van der Waals surface area contributed by atoms with Crippen LogP contribution < -0.4 is 0 Å². The molecule has 4 aliphatic rings. The Morgan fingerprint density at radius 1 is 0.519 bits per heavy atom. The van der Waals surface area contributed by atoms with Crippen molar-refractivity contribution in [1.29, 1.82) is 0 Å². The second-order valence-corrected chi connectivity index (χ2v) is 18.9. The van der Waals surface area contributed by atoms with Gasteiger partial charge in [-0.2, -0.15) is 0 Å². The summed E-state index contributed by atoms with van der Waals surface area (Å²) in [6.07, 6.45) is -33.3. The molecule has 0 amide bonds. The number of hydrogen-bond acceptors (Lipinski definition) is 28. The lowest BCUT2D eigenvalue weighted by molar-refractivity contribution is -0.421. The summed E-state index contributed by atoms with van der Waals surface area (Å²) >= 11 is 0. The maximum atomic E-state index is 14.0. The van der Waals surface area contributed by atoms with Gasteiger partial charge in [0, 0.05) is 26.0 Å². The highest BCUT2D eigenvalue weighted by molar-refractivity contribution is 5.90. The molecule has 81 heavy (non-hydrogen) atoms. The number of hydrogen-bond donors (Lipinski definition) is 11. The van der Waals surface area contributed by atoms with Gasteiger partial charge in [-0.25, -0.2) is 14.4 Å². The van der Waals surface area contributed by atoms with Gasteiger partial charge >= 0.3 is 29.8 Å². The van der Waals surface area contributed by atoms with Crippen molar-refractivity contribution in [2.24, 2.45) is 0 Å². The number of phenolic OH excluding ortho intramolecular Hbond substituents is 2. The highest BCUT2D eigenvalue weighted by Crippen LogP contribution is 2.42. The third-order valence-corrected chi connectivity index (χ3v) is 13.1. The molecular formula is C53H62O28. The molecule has 442 valence electrons. The zero-order chi connectivity index (χ0) is 58.7. The Morgan fingerprint density at radius 3 is 1.60 bits per heavy atom. The zero-order valence-electron chi connectivity index (χ0n) is 43.1. The standard InChI is InChI=1S/C53H62O28/c1-25(56)70-22-34-39(63)42(66)44(68)51(74-34)77-46-45(76-37(61)19-11-27-6-4-3-5-7-27)35(23-71-26(2)57)75-52(47(46)78-50-43(67)41(65)38(62)32(20-54)73-50)81-53(24-72-36(60)18-10-28-8-14-30(58)15-9-28)48(40(64)33(21-55)80-53)79-49(69)29-12-16-31(59)17-13-29/h3-19,32-35,38-48,50-52,54-55,58-59,62-68H,20-24H2,1-2H3/t32-,33+,34-,35+,38-,39+,40+,41-,42+,43+,44+,45+,46+,47+,48-,50+,51+,52-,53+/m0/s1. The number of esters is 5. The van der Waals surface area contributed by atoms with Crippen LogP contribution >= 0.6 is 0 Å². The molecule has 4 fully saturated rings. The minimum Gasteiger partial charge on any atom is -0.508 e. The van der Waals surface area contributed by atoms with Crippen LogP contribution in [0.4, 0.5) is 0 Å². The summed E-state index contributed by atoms with van der Waals surface area (Å²) in [4.78, 5) is 66.1. The van der Waals surface area contributed by atoms with Gasteiger partial charge in [-0.3, -0.25) is 9.59 Å². The first-order valence-electron chi connectivity index (χ1n) is 25.1. The normalized spacial score (nSPS) is 34.1. The van der Waals surface area contributed by atoms with Gasteiger partial charge in [0.15, 0.2) is 31.1 Å². The predicted octanol–water partition coefficient (Wildman–Crippen LogP) is -2.80. The lowest BCUT2D eigenvalue weighted by Crippen LogP contribution is -2.69. The first-order valence-corrected chi connectivity index (χ1v) is 25.1. The Hall–Kier alpha value is -6.55. The molecule has 3 aromatic rings. The average molecular weight is 1150 g/mol. The number of phenols is 2. The Bertz CT molecular complexity index is 2630. The third kappa shape index (κ3) is 15.5. The van der Waals surface area contributed by atoms with Gasteiger partial charge in [-0.1, -0.05) is 42.5 Å². The second kappa shape index (κ2) is 27.9. The largest absolute Gasteiger partial charge is 0.508 e. The van der Waals surface area contributed by atoms with Gasteiger partial charge in [0.25, 0.3) is 0 Å². The molecule has 0 bridgehead atoms.